The average molecular weight is 632 g/mol. The second-order valence-corrected chi connectivity index (χ2v) is 14.5. The molecule has 234 valence electrons. The lowest BCUT2D eigenvalue weighted by molar-refractivity contribution is 0.647. The highest BCUT2D eigenvalue weighted by molar-refractivity contribution is 6.08. The van der Waals surface area contributed by atoms with Gasteiger partial charge in [0.15, 0.2) is 17.5 Å². The average Bonchev–Trinajstić information content (AvgIpc) is 3.69. The Morgan fingerprint density at radius 1 is 0.388 bits per heavy atom. The molecule has 0 saturated carbocycles. The molecular formula is C45H33N3O. The van der Waals surface area contributed by atoms with Gasteiger partial charge in [-0.2, -0.15) is 0 Å². The number of hydrogen-bond acceptors (Lipinski definition) is 4. The van der Waals surface area contributed by atoms with Crippen LogP contribution in [0.2, 0.25) is 0 Å². The van der Waals surface area contributed by atoms with Gasteiger partial charge in [0.25, 0.3) is 0 Å². The third-order valence-electron chi connectivity index (χ3n) is 10.9. The van der Waals surface area contributed by atoms with Crippen LogP contribution in [-0.2, 0) is 10.8 Å². The molecule has 0 amide bonds. The largest absolute Gasteiger partial charge is 0.456 e. The quantitative estimate of drug-likeness (QED) is 0.195. The molecule has 2 aromatic heterocycles. The van der Waals surface area contributed by atoms with Gasteiger partial charge < -0.3 is 4.42 Å². The molecule has 10 rings (SSSR count). The van der Waals surface area contributed by atoms with E-state index in [4.69, 9.17) is 19.4 Å². The fourth-order valence-electron chi connectivity index (χ4n) is 8.30. The highest BCUT2D eigenvalue weighted by atomic mass is 16.3. The molecule has 2 aliphatic rings. The monoisotopic (exact) mass is 631 g/mol. The van der Waals surface area contributed by atoms with E-state index in [0.717, 1.165) is 38.6 Å². The van der Waals surface area contributed by atoms with Gasteiger partial charge >= 0.3 is 0 Å². The van der Waals surface area contributed by atoms with Crippen LogP contribution < -0.4 is 0 Å². The number of benzene rings is 6. The summed E-state index contributed by atoms with van der Waals surface area (Å²) in [6.45, 7) is 9.20. The van der Waals surface area contributed by atoms with Gasteiger partial charge in [0.1, 0.15) is 11.2 Å². The first-order chi connectivity index (χ1) is 23.8. The van der Waals surface area contributed by atoms with Crippen molar-refractivity contribution in [3.05, 3.63) is 150 Å². The lowest BCUT2D eigenvalue weighted by atomic mass is 9.82. The van der Waals surface area contributed by atoms with Crippen molar-refractivity contribution in [3.63, 3.8) is 0 Å². The van der Waals surface area contributed by atoms with E-state index in [1.807, 2.05) is 18.2 Å². The van der Waals surface area contributed by atoms with Gasteiger partial charge in [0.05, 0.1) is 0 Å². The van der Waals surface area contributed by atoms with Gasteiger partial charge in [0.2, 0.25) is 0 Å². The molecule has 0 bridgehead atoms. The smallest absolute Gasteiger partial charge is 0.164 e. The Hall–Kier alpha value is -5.87. The van der Waals surface area contributed by atoms with Crippen LogP contribution >= 0.6 is 0 Å². The fraction of sp³-hybridized carbons (Fsp3) is 0.133. The maximum absolute atomic E-state index is 6.48. The SMILES string of the molecule is CC1(C)c2ccccc2-c2ccc(-c3nc(-c4ccccc4)nc(-c4ccc5oc6cc7c(cc6c5c4)-c4ccccc4C7(C)C)n3)cc21. The molecule has 2 aliphatic carbocycles. The van der Waals surface area contributed by atoms with E-state index in [-0.39, 0.29) is 10.8 Å². The molecule has 49 heavy (non-hydrogen) atoms. The van der Waals surface area contributed by atoms with Crippen LogP contribution in [0.15, 0.2) is 132 Å². The van der Waals surface area contributed by atoms with Crippen LogP contribution in [0.3, 0.4) is 0 Å². The van der Waals surface area contributed by atoms with Gasteiger partial charge in [-0.3, -0.25) is 0 Å². The number of furan rings is 1. The Balaban J connectivity index is 1.15. The zero-order valence-corrected chi connectivity index (χ0v) is 27.9. The summed E-state index contributed by atoms with van der Waals surface area (Å²) in [7, 11) is 0. The summed E-state index contributed by atoms with van der Waals surface area (Å²) >= 11 is 0. The number of nitrogens with zero attached hydrogens (tertiary/aromatic N) is 3. The molecule has 0 fully saturated rings. The summed E-state index contributed by atoms with van der Waals surface area (Å²) in [5.74, 6) is 1.94. The standard InChI is InChI=1S/C45H33N3O/c1-44(2)35-16-10-8-14-29(35)31-20-18-28(23-37(31)44)43-47-41(26-12-6-5-7-13-26)46-42(48-43)27-19-21-39-33(22-27)34-24-32-30-15-9-11-17-36(30)45(3,4)38(32)25-40(34)49-39/h5-25H,1-4H3. The molecule has 0 saturated heterocycles. The van der Waals surface area contributed by atoms with Gasteiger partial charge in [-0.05, 0) is 80.9 Å². The molecule has 2 heterocycles. The molecule has 0 unspecified atom stereocenters. The predicted octanol–water partition coefficient (Wildman–Crippen LogP) is 11.4. The first kappa shape index (κ1) is 28.2. The van der Waals surface area contributed by atoms with Crippen LogP contribution in [0.4, 0.5) is 0 Å². The Bertz CT molecular complexity index is 2660. The fourth-order valence-corrected chi connectivity index (χ4v) is 8.30. The Morgan fingerprint density at radius 2 is 0.898 bits per heavy atom. The second-order valence-electron chi connectivity index (χ2n) is 14.5. The van der Waals surface area contributed by atoms with Crippen molar-refractivity contribution >= 4 is 21.9 Å². The summed E-state index contributed by atoms with van der Waals surface area (Å²) in [5, 5.41) is 2.15. The molecule has 6 aromatic carbocycles. The first-order valence-corrected chi connectivity index (χ1v) is 16.9. The van der Waals surface area contributed by atoms with E-state index in [1.165, 1.54) is 44.5 Å². The van der Waals surface area contributed by atoms with Crippen molar-refractivity contribution in [2.75, 3.05) is 0 Å². The first-order valence-electron chi connectivity index (χ1n) is 16.9. The molecule has 0 spiro atoms. The maximum Gasteiger partial charge on any atom is 0.164 e. The van der Waals surface area contributed by atoms with E-state index >= 15 is 0 Å². The van der Waals surface area contributed by atoms with Crippen LogP contribution in [0.1, 0.15) is 49.9 Å². The molecule has 4 heteroatoms. The van der Waals surface area contributed by atoms with Crippen molar-refractivity contribution in [1.29, 1.82) is 0 Å². The Morgan fingerprint density at radius 3 is 1.59 bits per heavy atom. The molecular weight excluding hydrogens is 599 g/mol. The highest BCUT2D eigenvalue weighted by Crippen LogP contribution is 2.51. The summed E-state index contributed by atoms with van der Waals surface area (Å²) in [6.07, 6.45) is 0. The third-order valence-corrected chi connectivity index (χ3v) is 10.9. The van der Waals surface area contributed by atoms with E-state index < -0.39 is 0 Å². The molecule has 4 nitrogen and oxygen atoms in total. The van der Waals surface area contributed by atoms with Gasteiger partial charge in [-0.25, -0.2) is 15.0 Å². The minimum atomic E-state index is -0.122. The Kier molecular flexibility index (Phi) is 5.65. The number of fused-ring (bicyclic) bond motifs is 9. The summed E-state index contributed by atoms with van der Waals surface area (Å²) in [6, 6.07) is 45.1. The molecule has 0 atom stereocenters. The summed E-state index contributed by atoms with van der Waals surface area (Å²) < 4.78 is 6.48. The highest BCUT2D eigenvalue weighted by Gasteiger charge is 2.37. The second kappa shape index (κ2) is 9.83. The molecule has 8 aromatic rings. The molecule has 0 N–H and O–H groups in total. The lowest BCUT2D eigenvalue weighted by Crippen LogP contribution is -2.15. The minimum Gasteiger partial charge on any atom is -0.456 e. The number of rotatable bonds is 3. The Labute approximate surface area is 285 Å². The van der Waals surface area contributed by atoms with Crippen LogP contribution in [0, 0.1) is 0 Å². The number of aromatic nitrogens is 3. The van der Waals surface area contributed by atoms with Crippen LogP contribution in [0.5, 0.6) is 0 Å². The van der Waals surface area contributed by atoms with Crippen LogP contribution in [-0.4, -0.2) is 15.0 Å². The summed E-state index contributed by atoms with van der Waals surface area (Å²) in [5.41, 5.74) is 14.8. The number of hydrogen-bond donors (Lipinski definition) is 0. The normalized spacial score (nSPS) is 14.9. The van der Waals surface area contributed by atoms with Gasteiger partial charge in [0, 0.05) is 38.3 Å². The van der Waals surface area contributed by atoms with Crippen LogP contribution in [0.25, 0.3) is 78.4 Å². The van der Waals surface area contributed by atoms with E-state index in [1.54, 1.807) is 0 Å². The van der Waals surface area contributed by atoms with Gasteiger partial charge in [-0.15, -0.1) is 0 Å². The van der Waals surface area contributed by atoms with Crippen molar-refractivity contribution < 1.29 is 4.42 Å². The predicted molar refractivity (Wildman–Crippen MR) is 199 cm³/mol. The van der Waals surface area contributed by atoms with Crippen molar-refractivity contribution in [2.45, 2.75) is 38.5 Å². The van der Waals surface area contributed by atoms with Crippen molar-refractivity contribution in [3.8, 4) is 56.4 Å². The maximum atomic E-state index is 6.48. The zero-order chi connectivity index (χ0) is 33.1. The van der Waals surface area contributed by atoms with Gasteiger partial charge in [-0.1, -0.05) is 119 Å². The van der Waals surface area contributed by atoms with Crippen molar-refractivity contribution in [2.24, 2.45) is 0 Å². The van der Waals surface area contributed by atoms with E-state index in [2.05, 4.69) is 137 Å². The topological polar surface area (TPSA) is 51.8 Å². The minimum absolute atomic E-state index is 0.0884. The zero-order valence-electron chi connectivity index (χ0n) is 27.9. The third kappa shape index (κ3) is 4.01. The lowest BCUT2D eigenvalue weighted by Gasteiger charge is -2.21. The molecule has 0 aliphatic heterocycles. The van der Waals surface area contributed by atoms with E-state index in [9.17, 15) is 0 Å². The van der Waals surface area contributed by atoms with E-state index in [0.29, 0.717) is 17.5 Å². The molecule has 0 radical (unpaired) electrons. The summed E-state index contributed by atoms with van der Waals surface area (Å²) in [4.78, 5) is 15.3. The van der Waals surface area contributed by atoms with Crippen molar-refractivity contribution in [1.82, 2.24) is 15.0 Å².